The highest BCUT2D eigenvalue weighted by Gasteiger charge is 2.03. The highest BCUT2D eigenvalue weighted by atomic mass is 16.3. The van der Waals surface area contributed by atoms with Gasteiger partial charge in [0.05, 0.1) is 6.54 Å². The molecule has 88 valence electrons. The van der Waals surface area contributed by atoms with Crippen molar-refractivity contribution in [3.8, 4) is 0 Å². The molecule has 15 heavy (non-hydrogen) atoms. The Morgan fingerprint density at radius 3 is 2.47 bits per heavy atom. The lowest BCUT2D eigenvalue weighted by molar-refractivity contribution is -0.126. The molecule has 0 atom stereocenters. The molecule has 5 nitrogen and oxygen atoms in total. The van der Waals surface area contributed by atoms with Gasteiger partial charge in [0.2, 0.25) is 11.8 Å². The van der Waals surface area contributed by atoms with Gasteiger partial charge < -0.3 is 15.7 Å². The second kappa shape index (κ2) is 9.45. The summed E-state index contributed by atoms with van der Waals surface area (Å²) < 4.78 is 0. The zero-order valence-corrected chi connectivity index (χ0v) is 9.21. The first-order chi connectivity index (χ1) is 7.20. The molecule has 0 heterocycles. The lowest BCUT2D eigenvalue weighted by Gasteiger charge is -2.05. The van der Waals surface area contributed by atoms with Crippen LogP contribution in [0.2, 0.25) is 0 Å². The summed E-state index contributed by atoms with van der Waals surface area (Å²) in [5.74, 6) is -0.303. The Morgan fingerprint density at radius 2 is 1.87 bits per heavy atom. The van der Waals surface area contributed by atoms with E-state index < -0.39 is 0 Å². The third-order valence-corrected chi connectivity index (χ3v) is 1.83. The summed E-state index contributed by atoms with van der Waals surface area (Å²) in [5.41, 5.74) is 0. The summed E-state index contributed by atoms with van der Waals surface area (Å²) >= 11 is 0. The van der Waals surface area contributed by atoms with Crippen LogP contribution in [-0.2, 0) is 9.59 Å². The fourth-order valence-corrected chi connectivity index (χ4v) is 0.992. The minimum absolute atomic E-state index is 0.0396. The van der Waals surface area contributed by atoms with Gasteiger partial charge in [-0.3, -0.25) is 9.59 Å². The Morgan fingerprint density at radius 1 is 1.13 bits per heavy atom. The predicted octanol–water partition coefficient (Wildman–Crippen LogP) is -0.209. The number of hydrogen-bond donors (Lipinski definition) is 3. The highest BCUT2D eigenvalue weighted by Crippen LogP contribution is 1.93. The van der Waals surface area contributed by atoms with E-state index in [1.54, 1.807) is 0 Å². The minimum atomic E-state index is -0.160. The van der Waals surface area contributed by atoms with Crippen LogP contribution in [0.25, 0.3) is 0 Å². The van der Waals surface area contributed by atoms with Crippen LogP contribution in [0.4, 0.5) is 0 Å². The number of carbonyl (C=O) groups is 2. The molecule has 0 saturated heterocycles. The van der Waals surface area contributed by atoms with E-state index in [-0.39, 0.29) is 25.0 Å². The molecule has 0 aromatic carbocycles. The first-order valence-electron chi connectivity index (χ1n) is 5.35. The van der Waals surface area contributed by atoms with E-state index in [0.29, 0.717) is 25.8 Å². The first kappa shape index (κ1) is 13.9. The normalized spacial score (nSPS) is 9.73. The number of carbonyl (C=O) groups excluding carboxylic acids is 2. The molecule has 0 aromatic heterocycles. The molecule has 0 unspecified atom stereocenters. The van der Waals surface area contributed by atoms with Gasteiger partial charge in [0.25, 0.3) is 0 Å². The molecule has 0 spiro atoms. The number of aliphatic hydroxyl groups is 1. The van der Waals surface area contributed by atoms with Gasteiger partial charge >= 0.3 is 0 Å². The molecule has 0 rings (SSSR count). The molecule has 0 aliphatic heterocycles. The summed E-state index contributed by atoms with van der Waals surface area (Å²) in [6.45, 7) is 2.75. The van der Waals surface area contributed by atoms with Gasteiger partial charge in [0.15, 0.2) is 0 Å². The molecule has 0 radical (unpaired) electrons. The van der Waals surface area contributed by atoms with Crippen LogP contribution in [0.3, 0.4) is 0 Å². The van der Waals surface area contributed by atoms with Crippen molar-refractivity contribution in [2.24, 2.45) is 0 Å². The van der Waals surface area contributed by atoms with E-state index in [1.807, 2.05) is 6.92 Å². The molecule has 0 aliphatic carbocycles. The molecule has 0 aromatic rings. The van der Waals surface area contributed by atoms with E-state index in [4.69, 9.17) is 5.11 Å². The van der Waals surface area contributed by atoms with E-state index in [1.165, 1.54) is 0 Å². The van der Waals surface area contributed by atoms with Gasteiger partial charge in [-0.2, -0.15) is 0 Å². The van der Waals surface area contributed by atoms with Gasteiger partial charge in [-0.15, -0.1) is 0 Å². The van der Waals surface area contributed by atoms with Crippen molar-refractivity contribution in [2.75, 3.05) is 19.7 Å². The Hall–Kier alpha value is -1.10. The van der Waals surface area contributed by atoms with Gasteiger partial charge in [-0.25, -0.2) is 0 Å². The standard InChI is InChI=1S/C10H20N2O3/c1-2-6-11-10(15)8-12-9(14)5-3-4-7-13/h13H,2-8H2,1H3,(H,11,15)(H,12,14). The molecule has 0 saturated carbocycles. The minimum Gasteiger partial charge on any atom is -0.396 e. The number of nitrogens with one attached hydrogen (secondary N) is 2. The van der Waals surface area contributed by atoms with Crippen LogP contribution in [0.5, 0.6) is 0 Å². The zero-order valence-electron chi connectivity index (χ0n) is 9.21. The van der Waals surface area contributed by atoms with Crippen molar-refractivity contribution in [3.05, 3.63) is 0 Å². The molecule has 5 heteroatoms. The van der Waals surface area contributed by atoms with E-state index in [0.717, 1.165) is 6.42 Å². The van der Waals surface area contributed by atoms with Crippen molar-refractivity contribution in [1.82, 2.24) is 10.6 Å². The molecule has 0 bridgehead atoms. The second-order valence-corrected chi connectivity index (χ2v) is 3.31. The van der Waals surface area contributed by atoms with Crippen molar-refractivity contribution in [1.29, 1.82) is 0 Å². The average Bonchev–Trinajstić information content (AvgIpc) is 2.24. The molecule has 0 fully saturated rings. The van der Waals surface area contributed by atoms with Gasteiger partial charge in [-0.1, -0.05) is 6.92 Å². The fourth-order valence-electron chi connectivity index (χ4n) is 0.992. The Bertz CT molecular complexity index is 195. The van der Waals surface area contributed by atoms with Crippen LogP contribution in [0, 0.1) is 0 Å². The van der Waals surface area contributed by atoms with Gasteiger partial charge in [-0.05, 0) is 19.3 Å². The highest BCUT2D eigenvalue weighted by molar-refractivity contribution is 5.84. The Balaban J connectivity index is 3.40. The third-order valence-electron chi connectivity index (χ3n) is 1.83. The smallest absolute Gasteiger partial charge is 0.239 e. The van der Waals surface area contributed by atoms with Crippen LogP contribution < -0.4 is 10.6 Å². The van der Waals surface area contributed by atoms with Gasteiger partial charge in [0.1, 0.15) is 0 Å². The molecule has 3 N–H and O–H groups in total. The van der Waals surface area contributed by atoms with Crippen LogP contribution in [0.15, 0.2) is 0 Å². The maximum atomic E-state index is 11.1. The summed E-state index contributed by atoms with van der Waals surface area (Å²) in [7, 11) is 0. The topological polar surface area (TPSA) is 78.4 Å². The Kier molecular flexibility index (Phi) is 8.76. The predicted molar refractivity (Wildman–Crippen MR) is 57.2 cm³/mol. The number of hydrogen-bond acceptors (Lipinski definition) is 3. The molecular formula is C10H20N2O3. The summed E-state index contributed by atoms with van der Waals surface area (Å²) in [6.07, 6.45) is 2.52. The number of unbranched alkanes of at least 4 members (excludes halogenated alkanes) is 1. The lowest BCUT2D eigenvalue weighted by atomic mass is 10.2. The number of aliphatic hydroxyl groups excluding tert-OH is 1. The maximum absolute atomic E-state index is 11.1. The Labute approximate surface area is 90.2 Å². The van der Waals surface area contributed by atoms with Crippen LogP contribution in [-0.4, -0.2) is 36.6 Å². The fraction of sp³-hybridized carbons (Fsp3) is 0.800. The quantitative estimate of drug-likeness (QED) is 0.491. The molecule has 0 aliphatic rings. The van der Waals surface area contributed by atoms with Crippen molar-refractivity contribution in [3.63, 3.8) is 0 Å². The second-order valence-electron chi connectivity index (χ2n) is 3.31. The van der Waals surface area contributed by atoms with E-state index >= 15 is 0 Å². The largest absolute Gasteiger partial charge is 0.396 e. The zero-order chi connectivity index (χ0) is 11.5. The van der Waals surface area contributed by atoms with Crippen LogP contribution >= 0.6 is 0 Å². The summed E-state index contributed by atoms with van der Waals surface area (Å²) in [5, 5.41) is 13.7. The maximum Gasteiger partial charge on any atom is 0.239 e. The summed E-state index contributed by atoms with van der Waals surface area (Å²) in [6, 6.07) is 0. The lowest BCUT2D eigenvalue weighted by Crippen LogP contribution is -2.37. The van der Waals surface area contributed by atoms with Gasteiger partial charge in [0, 0.05) is 19.6 Å². The summed E-state index contributed by atoms with van der Waals surface area (Å²) in [4.78, 5) is 22.2. The van der Waals surface area contributed by atoms with Crippen LogP contribution in [0.1, 0.15) is 32.6 Å². The number of amides is 2. The molecular weight excluding hydrogens is 196 g/mol. The number of rotatable bonds is 8. The first-order valence-corrected chi connectivity index (χ1v) is 5.35. The average molecular weight is 216 g/mol. The SMILES string of the molecule is CCCNC(=O)CNC(=O)CCCCO. The molecule has 2 amide bonds. The van der Waals surface area contributed by atoms with E-state index in [2.05, 4.69) is 10.6 Å². The van der Waals surface area contributed by atoms with E-state index in [9.17, 15) is 9.59 Å². The van der Waals surface area contributed by atoms with Crippen molar-refractivity contribution < 1.29 is 14.7 Å². The van der Waals surface area contributed by atoms with Crippen molar-refractivity contribution >= 4 is 11.8 Å². The van der Waals surface area contributed by atoms with Crippen molar-refractivity contribution in [2.45, 2.75) is 32.6 Å². The third kappa shape index (κ3) is 9.21. The monoisotopic (exact) mass is 216 g/mol.